The summed E-state index contributed by atoms with van der Waals surface area (Å²) in [7, 11) is 0. The highest BCUT2D eigenvalue weighted by Crippen LogP contribution is 2.27. The Labute approximate surface area is 127 Å². The van der Waals surface area contributed by atoms with Crippen molar-refractivity contribution in [1.82, 2.24) is 15.2 Å². The average molecular weight is 315 g/mol. The van der Waals surface area contributed by atoms with E-state index in [1.807, 2.05) is 13.8 Å². The lowest BCUT2D eigenvalue weighted by molar-refractivity contribution is -0.141. The zero-order valence-electron chi connectivity index (χ0n) is 12.7. The van der Waals surface area contributed by atoms with Gasteiger partial charge in [-0.05, 0) is 32.4 Å². The highest BCUT2D eigenvalue weighted by atomic mass is 19.4. The lowest BCUT2D eigenvalue weighted by Gasteiger charge is -2.28. The number of rotatable bonds is 6. The number of pyridine rings is 1. The molecule has 1 aromatic rings. The van der Waals surface area contributed by atoms with E-state index in [2.05, 4.69) is 10.3 Å². The summed E-state index contributed by atoms with van der Waals surface area (Å²) in [5.41, 5.74) is -0.328. The quantitative estimate of drug-likeness (QED) is 0.558. The van der Waals surface area contributed by atoms with Gasteiger partial charge in [-0.15, -0.1) is 0 Å². The van der Waals surface area contributed by atoms with E-state index < -0.39 is 11.9 Å². The predicted molar refractivity (Wildman–Crippen MR) is 79.0 cm³/mol. The van der Waals surface area contributed by atoms with E-state index in [9.17, 15) is 13.2 Å². The first-order valence-electron chi connectivity index (χ1n) is 6.79. The summed E-state index contributed by atoms with van der Waals surface area (Å²) in [6.45, 7) is 5.79. The van der Waals surface area contributed by atoms with Gasteiger partial charge in [0.15, 0.2) is 0 Å². The molecule has 0 saturated heterocycles. The van der Waals surface area contributed by atoms with Gasteiger partial charge in [0.2, 0.25) is 0 Å². The first-order chi connectivity index (χ1) is 10.2. The van der Waals surface area contributed by atoms with Crippen molar-refractivity contribution in [2.24, 2.45) is 0 Å². The molecule has 8 heteroatoms. The van der Waals surface area contributed by atoms with E-state index in [0.717, 1.165) is 12.4 Å². The van der Waals surface area contributed by atoms with Gasteiger partial charge in [0, 0.05) is 18.8 Å². The molecule has 1 unspecified atom stereocenters. The van der Waals surface area contributed by atoms with Crippen molar-refractivity contribution in [3.63, 3.8) is 0 Å². The number of alkyl halides is 3. The van der Waals surface area contributed by atoms with Gasteiger partial charge in [0.1, 0.15) is 11.5 Å². The standard InChI is InChI=1S/C14H20F3N5/c1-9(2)22(8-18)13(19)10(3)20-6-11-4-5-12(21-7-11)14(15,16)17/h4-5,7-10,18-20H,6H2,1-3H3. The first-order valence-corrected chi connectivity index (χ1v) is 6.79. The van der Waals surface area contributed by atoms with Gasteiger partial charge in [-0.25, -0.2) is 0 Å². The van der Waals surface area contributed by atoms with Gasteiger partial charge in [-0.1, -0.05) is 6.07 Å². The van der Waals surface area contributed by atoms with Crippen molar-refractivity contribution in [3.8, 4) is 0 Å². The third-order valence-electron chi connectivity index (χ3n) is 3.11. The molecule has 1 rings (SSSR count). The smallest absolute Gasteiger partial charge is 0.318 e. The van der Waals surface area contributed by atoms with Crippen molar-refractivity contribution >= 4 is 12.2 Å². The topological polar surface area (TPSA) is 75.9 Å². The molecule has 0 aromatic carbocycles. The molecule has 1 aromatic heterocycles. The molecular formula is C14H20F3N5. The molecule has 0 aliphatic heterocycles. The molecule has 3 N–H and O–H groups in total. The number of halogens is 3. The second kappa shape index (κ2) is 7.35. The van der Waals surface area contributed by atoms with Crippen molar-refractivity contribution in [3.05, 3.63) is 29.6 Å². The fraction of sp³-hybridized carbons (Fsp3) is 0.500. The molecule has 0 aliphatic rings. The van der Waals surface area contributed by atoms with Gasteiger partial charge < -0.3 is 10.2 Å². The van der Waals surface area contributed by atoms with Crippen LogP contribution in [-0.2, 0) is 12.7 Å². The van der Waals surface area contributed by atoms with Crippen LogP contribution < -0.4 is 5.32 Å². The van der Waals surface area contributed by atoms with Crippen LogP contribution in [0.2, 0.25) is 0 Å². The highest BCUT2D eigenvalue weighted by molar-refractivity contribution is 5.92. The number of amidine groups is 1. The third kappa shape index (κ3) is 4.80. The van der Waals surface area contributed by atoms with Crippen LogP contribution in [0.5, 0.6) is 0 Å². The van der Waals surface area contributed by atoms with Gasteiger partial charge in [0.05, 0.1) is 12.4 Å². The van der Waals surface area contributed by atoms with E-state index in [1.54, 1.807) is 6.92 Å². The minimum Gasteiger partial charge on any atom is -0.318 e. The zero-order chi connectivity index (χ0) is 16.9. The molecule has 5 nitrogen and oxygen atoms in total. The average Bonchev–Trinajstić information content (AvgIpc) is 2.44. The molecule has 0 fully saturated rings. The molecular weight excluding hydrogens is 295 g/mol. The Hall–Kier alpha value is -1.96. The molecule has 0 amide bonds. The maximum absolute atomic E-state index is 12.4. The Morgan fingerprint density at radius 1 is 1.36 bits per heavy atom. The second-order valence-electron chi connectivity index (χ2n) is 5.17. The summed E-state index contributed by atoms with van der Waals surface area (Å²) in [6, 6.07) is 1.94. The van der Waals surface area contributed by atoms with Gasteiger partial charge in [-0.3, -0.25) is 15.8 Å². The number of nitrogens with one attached hydrogen (secondary N) is 3. The number of nitrogens with zero attached hydrogens (tertiary/aromatic N) is 2. The number of aromatic nitrogens is 1. The Bertz CT molecular complexity index is 510. The number of hydrogen-bond donors (Lipinski definition) is 3. The van der Waals surface area contributed by atoms with Crippen LogP contribution in [0.4, 0.5) is 13.2 Å². The SMILES string of the molecule is CC(NCc1ccc(C(F)(F)F)nc1)C(=N)N(C=N)C(C)C. The summed E-state index contributed by atoms with van der Waals surface area (Å²) in [6.07, 6.45) is -2.18. The van der Waals surface area contributed by atoms with Gasteiger partial charge in [-0.2, -0.15) is 13.2 Å². The monoisotopic (exact) mass is 315 g/mol. The molecule has 0 saturated carbocycles. The van der Waals surface area contributed by atoms with Crippen LogP contribution in [0.1, 0.15) is 32.0 Å². The summed E-state index contributed by atoms with van der Waals surface area (Å²) in [5.74, 6) is 0.227. The lowest BCUT2D eigenvalue weighted by atomic mass is 10.2. The van der Waals surface area contributed by atoms with Crippen molar-refractivity contribution in [2.75, 3.05) is 0 Å². The van der Waals surface area contributed by atoms with Crippen LogP contribution in [0, 0.1) is 10.8 Å². The number of hydrogen-bond acceptors (Lipinski definition) is 4. The first kappa shape index (κ1) is 18.1. The Morgan fingerprint density at radius 3 is 2.41 bits per heavy atom. The Balaban J connectivity index is 2.62. The molecule has 0 spiro atoms. The fourth-order valence-electron chi connectivity index (χ4n) is 1.78. The van der Waals surface area contributed by atoms with E-state index in [1.165, 1.54) is 17.2 Å². The molecule has 1 heterocycles. The zero-order valence-corrected chi connectivity index (χ0v) is 12.7. The summed E-state index contributed by atoms with van der Waals surface area (Å²) in [4.78, 5) is 4.89. The van der Waals surface area contributed by atoms with Crippen molar-refractivity contribution in [2.45, 2.75) is 45.6 Å². The van der Waals surface area contributed by atoms with Gasteiger partial charge in [0.25, 0.3) is 0 Å². The fourth-order valence-corrected chi connectivity index (χ4v) is 1.78. The maximum Gasteiger partial charge on any atom is 0.433 e. The van der Waals surface area contributed by atoms with Crippen LogP contribution in [0.25, 0.3) is 0 Å². The van der Waals surface area contributed by atoms with Crippen LogP contribution >= 0.6 is 0 Å². The minimum atomic E-state index is -4.44. The Morgan fingerprint density at radius 2 is 2.00 bits per heavy atom. The predicted octanol–water partition coefficient (Wildman–Crippen LogP) is 2.87. The van der Waals surface area contributed by atoms with Crippen LogP contribution in [0.15, 0.2) is 18.3 Å². The van der Waals surface area contributed by atoms with E-state index >= 15 is 0 Å². The summed E-state index contributed by atoms with van der Waals surface area (Å²) >= 11 is 0. The molecule has 1 atom stereocenters. The van der Waals surface area contributed by atoms with Crippen molar-refractivity contribution < 1.29 is 13.2 Å². The van der Waals surface area contributed by atoms with E-state index in [-0.39, 0.29) is 17.9 Å². The van der Waals surface area contributed by atoms with Crippen LogP contribution in [0.3, 0.4) is 0 Å². The third-order valence-corrected chi connectivity index (χ3v) is 3.11. The minimum absolute atomic E-state index is 0.0121. The lowest BCUT2D eigenvalue weighted by Crippen LogP contribution is -2.46. The second-order valence-corrected chi connectivity index (χ2v) is 5.17. The molecule has 22 heavy (non-hydrogen) atoms. The molecule has 122 valence electrons. The Kier molecular flexibility index (Phi) is 6.04. The normalized spacial score (nSPS) is 13.0. The summed E-state index contributed by atoms with van der Waals surface area (Å²) < 4.78 is 37.2. The summed E-state index contributed by atoms with van der Waals surface area (Å²) in [5, 5.41) is 18.4. The highest BCUT2D eigenvalue weighted by Gasteiger charge is 2.32. The van der Waals surface area contributed by atoms with Crippen molar-refractivity contribution in [1.29, 1.82) is 10.8 Å². The largest absolute Gasteiger partial charge is 0.433 e. The molecule has 0 bridgehead atoms. The molecule has 0 aliphatic carbocycles. The van der Waals surface area contributed by atoms with E-state index in [0.29, 0.717) is 12.1 Å². The van der Waals surface area contributed by atoms with E-state index in [4.69, 9.17) is 10.8 Å². The van der Waals surface area contributed by atoms with Crippen LogP contribution in [-0.4, -0.2) is 34.1 Å². The van der Waals surface area contributed by atoms with Gasteiger partial charge >= 0.3 is 6.18 Å². The molecule has 0 radical (unpaired) electrons. The maximum atomic E-state index is 12.4.